The van der Waals surface area contributed by atoms with Crippen molar-refractivity contribution in [2.45, 2.75) is 6.54 Å². The highest BCUT2D eigenvalue weighted by atomic mass is 16.2. The van der Waals surface area contributed by atoms with Gasteiger partial charge in [-0.25, -0.2) is 4.79 Å². The molecule has 0 saturated carbocycles. The van der Waals surface area contributed by atoms with Crippen LogP contribution < -0.4 is 17.0 Å². The van der Waals surface area contributed by atoms with Crippen molar-refractivity contribution >= 4 is 5.91 Å². The third-order valence-electron chi connectivity index (χ3n) is 3.66. The second-order valence-electron chi connectivity index (χ2n) is 5.38. The van der Waals surface area contributed by atoms with E-state index in [1.165, 1.54) is 16.8 Å². The highest BCUT2D eigenvalue weighted by Crippen LogP contribution is 2.21. The molecule has 0 atom stereocenters. The molecule has 0 bridgehead atoms. The Morgan fingerprint density at radius 1 is 1.00 bits per heavy atom. The van der Waals surface area contributed by atoms with Gasteiger partial charge in [0.15, 0.2) is 0 Å². The maximum absolute atomic E-state index is 11.8. The summed E-state index contributed by atoms with van der Waals surface area (Å²) in [5.74, 6) is -0.479. The summed E-state index contributed by atoms with van der Waals surface area (Å²) < 4.78 is 1.42. The summed E-state index contributed by atoms with van der Waals surface area (Å²) in [6.45, 7) is 0.332. The van der Waals surface area contributed by atoms with Crippen LogP contribution in [0.15, 0.2) is 70.4 Å². The predicted octanol–water partition coefficient (Wildman–Crippen LogP) is 1.35. The Bertz CT molecular complexity index is 1020. The van der Waals surface area contributed by atoms with Crippen molar-refractivity contribution < 1.29 is 4.79 Å². The van der Waals surface area contributed by atoms with Gasteiger partial charge in [0.05, 0.1) is 6.54 Å². The van der Waals surface area contributed by atoms with Gasteiger partial charge in [0, 0.05) is 17.8 Å². The van der Waals surface area contributed by atoms with Crippen LogP contribution in [0.3, 0.4) is 0 Å². The number of carbonyl (C=O) groups is 1. The van der Waals surface area contributed by atoms with E-state index in [0.717, 1.165) is 16.7 Å². The molecule has 0 aliphatic carbocycles. The van der Waals surface area contributed by atoms with E-state index in [1.807, 2.05) is 30.3 Å². The topological polar surface area (TPSA) is 97.9 Å². The van der Waals surface area contributed by atoms with Crippen molar-refractivity contribution in [2.75, 3.05) is 0 Å². The lowest BCUT2D eigenvalue weighted by atomic mass is 10.0. The van der Waals surface area contributed by atoms with Crippen LogP contribution in [0.2, 0.25) is 0 Å². The summed E-state index contributed by atoms with van der Waals surface area (Å²) in [6, 6.07) is 16.0. The minimum absolute atomic E-state index is 0.332. The monoisotopic (exact) mass is 321 g/mol. The van der Waals surface area contributed by atoms with Gasteiger partial charge in [0.2, 0.25) is 5.91 Å². The first kappa shape index (κ1) is 15.5. The van der Waals surface area contributed by atoms with Gasteiger partial charge in [-0.3, -0.25) is 19.1 Å². The highest BCUT2D eigenvalue weighted by molar-refractivity contribution is 5.94. The van der Waals surface area contributed by atoms with Crippen LogP contribution in [0.1, 0.15) is 15.9 Å². The van der Waals surface area contributed by atoms with Crippen molar-refractivity contribution in [1.29, 1.82) is 0 Å². The molecule has 0 aliphatic heterocycles. The number of benzene rings is 2. The Labute approximate surface area is 137 Å². The molecule has 0 unspecified atom stereocenters. The molecule has 3 N–H and O–H groups in total. The summed E-state index contributed by atoms with van der Waals surface area (Å²) >= 11 is 0. The van der Waals surface area contributed by atoms with Crippen LogP contribution in [0, 0.1) is 0 Å². The maximum atomic E-state index is 11.8. The van der Waals surface area contributed by atoms with E-state index in [4.69, 9.17) is 5.73 Å². The van der Waals surface area contributed by atoms with Crippen molar-refractivity contribution in [2.24, 2.45) is 5.73 Å². The van der Waals surface area contributed by atoms with E-state index in [-0.39, 0.29) is 0 Å². The number of hydrogen-bond acceptors (Lipinski definition) is 3. The number of nitrogens with two attached hydrogens (primary N) is 1. The average molecular weight is 321 g/mol. The Morgan fingerprint density at radius 3 is 2.42 bits per heavy atom. The fourth-order valence-electron chi connectivity index (χ4n) is 2.47. The quantitative estimate of drug-likeness (QED) is 0.759. The average Bonchev–Trinajstić information content (AvgIpc) is 2.58. The number of aromatic nitrogens is 2. The molecule has 0 saturated heterocycles. The van der Waals surface area contributed by atoms with Gasteiger partial charge < -0.3 is 5.73 Å². The minimum Gasteiger partial charge on any atom is -0.366 e. The zero-order valence-electron chi connectivity index (χ0n) is 12.7. The standard InChI is InChI=1S/C18H15N3O3/c19-17(23)15-6-2-5-14(10-15)13-4-1-3-12(9-13)11-21-8-7-16(22)20-18(21)24/h1-10H,11H2,(H2,19,23)(H,20,22,24). The molecular weight excluding hydrogens is 306 g/mol. The lowest BCUT2D eigenvalue weighted by Crippen LogP contribution is -2.28. The van der Waals surface area contributed by atoms with Crippen molar-refractivity contribution in [1.82, 2.24) is 9.55 Å². The molecular formula is C18H15N3O3. The van der Waals surface area contributed by atoms with Crippen LogP contribution in [-0.4, -0.2) is 15.5 Å². The lowest BCUT2D eigenvalue weighted by molar-refractivity contribution is 0.100. The SMILES string of the molecule is NC(=O)c1cccc(-c2cccc(Cn3ccc(=O)[nH]c3=O)c2)c1. The van der Waals surface area contributed by atoms with Gasteiger partial charge in [-0.05, 0) is 34.9 Å². The molecule has 2 aromatic carbocycles. The van der Waals surface area contributed by atoms with Crippen LogP contribution in [0.5, 0.6) is 0 Å². The molecule has 3 rings (SSSR count). The third kappa shape index (κ3) is 3.33. The number of nitrogens with one attached hydrogen (secondary N) is 1. The molecule has 1 amide bonds. The molecule has 6 nitrogen and oxygen atoms in total. The van der Waals surface area contributed by atoms with Crippen LogP contribution in [-0.2, 0) is 6.54 Å². The van der Waals surface area contributed by atoms with Crippen molar-refractivity contribution in [3.05, 3.63) is 92.8 Å². The summed E-state index contributed by atoms with van der Waals surface area (Å²) in [4.78, 5) is 36.4. The second-order valence-corrected chi connectivity index (χ2v) is 5.38. The molecule has 6 heteroatoms. The van der Waals surface area contributed by atoms with Crippen molar-refractivity contribution in [3.63, 3.8) is 0 Å². The molecule has 1 heterocycles. The number of aromatic amines is 1. The number of amides is 1. The van der Waals surface area contributed by atoms with E-state index in [2.05, 4.69) is 4.98 Å². The number of hydrogen-bond donors (Lipinski definition) is 2. The molecule has 0 fully saturated rings. The number of rotatable bonds is 4. The molecule has 0 spiro atoms. The molecule has 0 aliphatic rings. The van der Waals surface area contributed by atoms with Gasteiger partial charge in [0.1, 0.15) is 0 Å². The number of H-pyrrole nitrogens is 1. The van der Waals surface area contributed by atoms with Crippen LogP contribution in [0.4, 0.5) is 0 Å². The zero-order valence-corrected chi connectivity index (χ0v) is 12.7. The van der Waals surface area contributed by atoms with E-state index < -0.39 is 17.2 Å². The van der Waals surface area contributed by atoms with Crippen LogP contribution in [0.25, 0.3) is 11.1 Å². The predicted molar refractivity (Wildman–Crippen MR) is 90.8 cm³/mol. The Hall–Kier alpha value is -3.41. The van der Waals surface area contributed by atoms with Gasteiger partial charge in [-0.1, -0.05) is 30.3 Å². The summed E-state index contributed by atoms with van der Waals surface area (Å²) in [6.07, 6.45) is 1.46. The van der Waals surface area contributed by atoms with Crippen LogP contribution >= 0.6 is 0 Å². The minimum atomic E-state index is -0.479. The third-order valence-corrected chi connectivity index (χ3v) is 3.66. The van der Waals surface area contributed by atoms with Gasteiger partial charge in [-0.2, -0.15) is 0 Å². The normalized spacial score (nSPS) is 10.5. The number of carbonyl (C=O) groups excluding carboxylic acids is 1. The smallest absolute Gasteiger partial charge is 0.328 e. The fourth-order valence-corrected chi connectivity index (χ4v) is 2.47. The summed E-state index contributed by atoms with van der Waals surface area (Å²) in [5.41, 5.74) is 7.55. The van der Waals surface area contributed by atoms with Gasteiger partial charge >= 0.3 is 5.69 Å². The fraction of sp³-hybridized carbons (Fsp3) is 0.0556. The largest absolute Gasteiger partial charge is 0.366 e. The summed E-state index contributed by atoms with van der Waals surface area (Å²) in [5, 5.41) is 0. The first-order valence-corrected chi connectivity index (χ1v) is 7.32. The first-order valence-electron chi connectivity index (χ1n) is 7.32. The van der Waals surface area contributed by atoms with E-state index in [1.54, 1.807) is 18.2 Å². The Balaban J connectivity index is 1.94. The van der Waals surface area contributed by atoms with Crippen molar-refractivity contribution in [3.8, 4) is 11.1 Å². The number of primary amides is 1. The zero-order chi connectivity index (χ0) is 17.1. The number of nitrogens with zero attached hydrogens (tertiary/aromatic N) is 1. The first-order chi connectivity index (χ1) is 11.5. The molecule has 3 aromatic rings. The highest BCUT2D eigenvalue weighted by Gasteiger charge is 2.05. The van der Waals surface area contributed by atoms with E-state index in [9.17, 15) is 14.4 Å². The molecule has 1 aromatic heterocycles. The Kier molecular flexibility index (Phi) is 4.11. The maximum Gasteiger partial charge on any atom is 0.328 e. The van der Waals surface area contributed by atoms with Gasteiger partial charge in [0.25, 0.3) is 5.56 Å². The van der Waals surface area contributed by atoms with E-state index >= 15 is 0 Å². The second kappa shape index (κ2) is 6.37. The van der Waals surface area contributed by atoms with E-state index in [0.29, 0.717) is 12.1 Å². The lowest BCUT2D eigenvalue weighted by Gasteiger charge is -2.08. The summed E-state index contributed by atoms with van der Waals surface area (Å²) in [7, 11) is 0. The molecule has 0 radical (unpaired) electrons. The van der Waals surface area contributed by atoms with Gasteiger partial charge in [-0.15, -0.1) is 0 Å². The Morgan fingerprint density at radius 2 is 1.71 bits per heavy atom. The molecule has 24 heavy (non-hydrogen) atoms. The molecule has 120 valence electrons.